The summed E-state index contributed by atoms with van der Waals surface area (Å²) in [5.74, 6) is 0. The van der Waals surface area contributed by atoms with Crippen molar-refractivity contribution in [3.63, 3.8) is 0 Å². The molecular weight excluding hydrogens is 677 g/mol. The van der Waals surface area contributed by atoms with Crippen molar-refractivity contribution in [3.8, 4) is 44.5 Å². The third kappa shape index (κ3) is 3.96. The van der Waals surface area contributed by atoms with E-state index in [1.165, 1.54) is 121 Å². The molecule has 10 aromatic rings. The molecule has 0 aliphatic heterocycles. The van der Waals surface area contributed by atoms with Crippen LogP contribution in [0.25, 0.3) is 98.9 Å². The largest absolute Gasteiger partial charge is 0.344 e. The van der Waals surface area contributed by atoms with Crippen LogP contribution in [0, 0.1) is 0 Å². The molecule has 2 aromatic heterocycles. The van der Waals surface area contributed by atoms with E-state index in [9.17, 15) is 0 Å². The lowest BCUT2D eigenvalue weighted by molar-refractivity contribution is 0.660. The lowest BCUT2D eigenvalue weighted by atomic mass is 9.80. The molecule has 0 radical (unpaired) electrons. The van der Waals surface area contributed by atoms with E-state index in [0.29, 0.717) is 0 Å². The highest BCUT2D eigenvalue weighted by atomic mass is 14.9. The molecule has 0 fully saturated rings. The molecule has 2 nitrogen and oxygen atoms in total. The second kappa shape index (κ2) is 10.7. The molecule has 2 aliphatic carbocycles. The molecule has 0 unspecified atom stereocenters. The topological polar surface area (TPSA) is 9.86 Å². The molecule has 12 rings (SSSR count). The Morgan fingerprint density at radius 1 is 0.321 bits per heavy atom. The van der Waals surface area contributed by atoms with Crippen LogP contribution in [0.5, 0.6) is 0 Å². The minimum absolute atomic E-state index is 0.116. The summed E-state index contributed by atoms with van der Waals surface area (Å²) in [6.45, 7) is 9.63. The normalized spacial score (nSPS) is 14.9. The first-order valence-electron chi connectivity index (χ1n) is 20.0. The molecule has 2 heterocycles. The van der Waals surface area contributed by atoms with Gasteiger partial charge in [-0.2, -0.15) is 0 Å². The molecule has 8 aromatic carbocycles. The van der Waals surface area contributed by atoms with E-state index in [-0.39, 0.29) is 10.8 Å². The number of aryl methyl sites for hydroxylation is 2. The maximum atomic E-state index is 2.47. The van der Waals surface area contributed by atoms with E-state index in [4.69, 9.17) is 0 Å². The van der Waals surface area contributed by atoms with E-state index in [2.05, 4.69) is 197 Å². The smallest absolute Gasteiger partial charge is 0.0489 e. The number of hydrogen-bond donors (Lipinski definition) is 0. The van der Waals surface area contributed by atoms with Crippen molar-refractivity contribution in [2.75, 3.05) is 0 Å². The average molecular weight is 719 g/mol. The van der Waals surface area contributed by atoms with Crippen LogP contribution in [-0.2, 0) is 24.9 Å². The summed E-state index contributed by atoms with van der Waals surface area (Å²) in [6, 6.07) is 55.5. The van der Waals surface area contributed by atoms with Crippen LogP contribution < -0.4 is 0 Å². The fourth-order valence-electron chi connectivity index (χ4n) is 10.9. The standard InChI is InChI=1S/C54H42N2/c1-53(2)43-23-21-38-37(51(43)39-19-15-33(29-45(39)53)31-17-25-49-41(27-31)35-11-7-9-13-47(35)55(49)5)22-24-44-52(38)40-20-16-34(30-46(40)54(44,3)4)32-18-26-50-42(28-32)36-12-8-10-14-48(36)56(50)6/h7-30H,1-6H3. The molecule has 2 heteroatoms. The number of para-hydroxylation sites is 2. The van der Waals surface area contributed by atoms with Crippen LogP contribution in [0.3, 0.4) is 0 Å². The van der Waals surface area contributed by atoms with Crippen molar-refractivity contribution in [2.24, 2.45) is 14.1 Å². The van der Waals surface area contributed by atoms with E-state index >= 15 is 0 Å². The summed E-state index contributed by atoms with van der Waals surface area (Å²) in [6.07, 6.45) is 0. The quantitative estimate of drug-likeness (QED) is 0.168. The van der Waals surface area contributed by atoms with Crippen molar-refractivity contribution >= 4 is 54.4 Å². The summed E-state index contributed by atoms with van der Waals surface area (Å²) in [5.41, 5.74) is 21.1. The van der Waals surface area contributed by atoms with Crippen LogP contribution in [0.4, 0.5) is 0 Å². The minimum atomic E-state index is -0.116. The van der Waals surface area contributed by atoms with Gasteiger partial charge in [0, 0.05) is 68.5 Å². The monoisotopic (exact) mass is 718 g/mol. The Kier molecular flexibility index (Phi) is 6.09. The Bertz CT molecular complexity index is 3150. The summed E-state index contributed by atoms with van der Waals surface area (Å²) in [7, 11) is 4.34. The molecule has 268 valence electrons. The molecule has 0 N–H and O–H groups in total. The van der Waals surface area contributed by atoms with Gasteiger partial charge in [0.25, 0.3) is 0 Å². The van der Waals surface area contributed by atoms with Gasteiger partial charge in [0.1, 0.15) is 0 Å². The Morgan fingerprint density at radius 3 is 1.14 bits per heavy atom. The maximum Gasteiger partial charge on any atom is 0.0489 e. The molecule has 56 heavy (non-hydrogen) atoms. The second-order valence-corrected chi connectivity index (χ2v) is 17.5. The first-order chi connectivity index (χ1) is 27.1. The van der Waals surface area contributed by atoms with Crippen molar-refractivity contribution in [1.82, 2.24) is 9.13 Å². The van der Waals surface area contributed by atoms with Gasteiger partial charge in [0.2, 0.25) is 0 Å². The average Bonchev–Trinajstić information content (AvgIpc) is 3.85. The Balaban J connectivity index is 0.988. The first kappa shape index (κ1) is 31.9. The number of hydrogen-bond acceptors (Lipinski definition) is 0. The third-order valence-corrected chi connectivity index (χ3v) is 14.0. The van der Waals surface area contributed by atoms with Gasteiger partial charge in [-0.05, 0) is 126 Å². The zero-order chi connectivity index (χ0) is 37.8. The van der Waals surface area contributed by atoms with Crippen LogP contribution >= 0.6 is 0 Å². The zero-order valence-corrected chi connectivity index (χ0v) is 32.8. The van der Waals surface area contributed by atoms with E-state index in [1.807, 2.05) is 0 Å². The summed E-state index contributed by atoms with van der Waals surface area (Å²) >= 11 is 0. The molecule has 0 amide bonds. The predicted molar refractivity (Wildman–Crippen MR) is 238 cm³/mol. The molecule has 0 saturated heterocycles. The maximum absolute atomic E-state index is 2.47. The first-order valence-corrected chi connectivity index (χ1v) is 20.0. The van der Waals surface area contributed by atoms with Gasteiger partial charge in [-0.1, -0.05) is 125 Å². The van der Waals surface area contributed by atoms with Crippen LogP contribution in [-0.4, -0.2) is 9.13 Å². The van der Waals surface area contributed by atoms with Gasteiger partial charge in [0.05, 0.1) is 0 Å². The number of benzene rings is 8. The molecule has 0 bridgehead atoms. The Hall–Kier alpha value is -6.38. The van der Waals surface area contributed by atoms with Crippen LogP contribution in [0.15, 0.2) is 146 Å². The van der Waals surface area contributed by atoms with E-state index in [1.54, 1.807) is 0 Å². The van der Waals surface area contributed by atoms with Crippen molar-refractivity contribution in [2.45, 2.75) is 38.5 Å². The van der Waals surface area contributed by atoms with Gasteiger partial charge in [-0.25, -0.2) is 0 Å². The SMILES string of the molecule is Cn1c2ccccc2c2cc(-c3ccc4c(c3)C(C)(C)c3ccc5c6c(ccc5c3-4)C(C)(C)c3cc(-c4ccc5c(c4)c4ccccc4n5C)ccc3-6)ccc21. The van der Waals surface area contributed by atoms with Gasteiger partial charge < -0.3 is 9.13 Å². The highest BCUT2D eigenvalue weighted by Gasteiger charge is 2.40. The van der Waals surface area contributed by atoms with Gasteiger partial charge in [-0.3, -0.25) is 0 Å². The Labute approximate surface area is 327 Å². The number of nitrogens with zero attached hydrogens (tertiary/aromatic N) is 2. The third-order valence-electron chi connectivity index (χ3n) is 14.0. The highest BCUT2D eigenvalue weighted by Crippen LogP contribution is 2.57. The van der Waals surface area contributed by atoms with Gasteiger partial charge >= 0.3 is 0 Å². The number of fused-ring (bicyclic) bond motifs is 15. The summed E-state index contributed by atoms with van der Waals surface area (Å²) < 4.78 is 4.62. The number of rotatable bonds is 2. The van der Waals surface area contributed by atoms with Crippen LogP contribution in [0.2, 0.25) is 0 Å². The molecular formula is C54H42N2. The van der Waals surface area contributed by atoms with Crippen molar-refractivity contribution < 1.29 is 0 Å². The fraction of sp³-hybridized carbons (Fsp3) is 0.148. The highest BCUT2D eigenvalue weighted by molar-refractivity contribution is 6.13. The van der Waals surface area contributed by atoms with Crippen LogP contribution in [0.1, 0.15) is 49.9 Å². The molecule has 2 aliphatic rings. The van der Waals surface area contributed by atoms with Crippen molar-refractivity contribution in [1.29, 1.82) is 0 Å². The van der Waals surface area contributed by atoms with E-state index in [0.717, 1.165) is 0 Å². The lowest BCUT2D eigenvalue weighted by Crippen LogP contribution is -2.15. The Morgan fingerprint density at radius 2 is 0.696 bits per heavy atom. The number of aromatic nitrogens is 2. The predicted octanol–water partition coefficient (Wildman–Crippen LogP) is 14.1. The lowest BCUT2D eigenvalue weighted by Gasteiger charge is -2.23. The minimum Gasteiger partial charge on any atom is -0.344 e. The molecule has 0 saturated carbocycles. The van der Waals surface area contributed by atoms with E-state index < -0.39 is 0 Å². The van der Waals surface area contributed by atoms with Gasteiger partial charge in [0.15, 0.2) is 0 Å². The molecule has 0 spiro atoms. The fourth-order valence-corrected chi connectivity index (χ4v) is 10.9. The second-order valence-electron chi connectivity index (χ2n) is 17.5. The van der Waals surface area contributed by atoms with Crippen molar-refractivity contribution in [3.05, 3.63) is 168 Å². The van der Waals surface area contributed by atoms with Gasteiger partial charge in [-0.15, -0.1) is 0 Å². The zero-order valence-electron chi connectivity index (χ0n) is 32.8. The summed E-state index contributed by atoms with van der Waals surface area (Å²) in [5, 5.41) is 7.94. The summed E-state index contributed by atoms with van der Waals surface area (Å²) in [4.78, 5) is 0. The molecule has 0 atom stereocenters.